The van der Waals surface area contributed by atoms with Crippen LogP contribution in [0.1, 0.15) is 22.2 Å². The summed E-state index contributed by atoms with van der Waals surface area (Å²) in [5, 5.41) is 2.39. The van der Waals surface area contributed by atoms with E-state index in [9.17, 15) is 4.79 Å². The van der Waals surface area contributed by atoms with Gasteiger partial charge >= 0.3 is 0 Å². The van der Waals surface area contributed by atoms with Gasteiger partial charge in [-0.05, 0) is 36.0 Å². The van der Waals surface area contributed by atoms with Gasteiger partial charge in [-0.2, -0.15) is 0 Å². The van der Waals surface area contributed by atoms with Crippen LogP contribution in [0, 0.1) is 0 Å². The summed E-state index contributed by atoms with van der Waals surface area (Å²) in [5.74, 6) is 1.35. The van der Waals surface area contributed by atoms with Crippen molar-refractivity contribution < 1.29 is 9.53 Å². The highest BCUT2D eigenvalue weighted by molar-refractivity contribution is 5.97. The van der Waals surface area contributed by atoms with Crippen LogP contribution in [0.2, 0.25) is 0 Å². The predicted molar refractivity (Wildman–Crippen MR) is 126 cm³/mol. The summed E-state index contributed by atoms with van der Waals surface area (Å²) in [7, 11) is 3.67. The molecule has 1 aliphatic heterocycles. The zero-order chi connectivity index (χ0) is 22.1. The molecule has 0 aliphatic carbocycles. The van der Waals surface area contributed by atoms with Gasteiger partial charge in [-0.1, -0.05) is 48.5 Å². The van der Waals surface area contributed by atoms with E-state index in [1.807, 2.05) is 47.5 Å². The zero-order valence-corrected chi connectivity index (χ0v) is 18.3. The van der Waals surface area contributed by atoms with Crippen LogP contribution in [0.4, 0.5) is 0 Å². The van der Waals surface area contributed by atoms with Gasteiger partial charge < -0.3 is 19.5 Å². The van der Waals surface area contributed by atoms with Crippen molar-refractivity contribution in [2.75, 3.05) is 33.8 Å². The second-order valence-corrected chi connectivity index (χ2v) is 8.22. The number of methoxy groups -OCH3 is 1. The van der Waals surface area contributed by atoms with E-state index in [0.29, 0.717) is 24.4 Å². The van der Waals surface area contributed by atoms with E-state index < -0.39 is 0 Å². The third kappa shape index (κ3) is 3.74. The number of piperazine rings is 1. The molecule has 4 aromatic rings. The third-order valence-corrected chi connectivity index (χ3v) is 6.15. The average molecular weight is 427 g/mol. The molecule has 5 rings (SSSR count). The number of likely N-dealkylation sites (N-methyl/N-ethyl adjacent to an activating group) is 1. The summed E-state index contributed by atoms with van der Waals surface area (Å²) in [5.41, 5.74) is 2.60. The van der Waals surface area contributed by atoms with Gasteiger partial charge in [0.25, 0.3) is 5.91 Å². The Bertz CT molecular complexity index is 1270. The number of para-hydroxylation sites is 1. The number of aromatic amines is 1. The van der Waals surface area contributed by atoms with Crippen molar-refractivity contribution >= 4 is 16.7 Å². The number of carbonyl (C=O) groups excluding carboxylic acids is 1. The van der Waals surface area contributed by atoms with Crippen LogP contribution >= 0.6 is 0 Å². The van der Waals surface area contributed by atoms with E-state index >= 15 is 0 Å². The first-order valence-electron chi connectivity index (χ1n) is 10.8. The molecule has 1 aliphatic rings. The molecule has 1 aromatic heterocycles. The Morgan fingerprint density at radius 1 is 1.03 bits per heavy atom. The molecule has 1 N–H and O–H groups in total. The fourth-order valence-electron chi connectivity index (χ4n) is 4.38. The van der Waals surface area contributed by atoms with Gasteiger partial charge in [-0.25, -0.2) is 4.98 Å². The Labute approximate surface area is 187 Å². The van der Waals surface area contributed by atoms with Crippen molar-refractivity contribution in [3.63, 3.8) is 0 Å². The molecule has 32 heavy (non-hydrogen) atoms. The number of fused-ring (bicyclic) bond motifs is 1. The number of rotatable bonds is 4. The largest absolute Gasteiger partial charge is 0.496 e. The van der Waals surface area contributed by atoms with E-state index in [2.05, 4.69) is 47.3 Å². The Balaban J connectivity index is 1.47. The van der Waals surface area contributed by atoms with Crippen molar-refractivity contribution in [2.24, 2.45) is 0 Å². The number of carbonyl (C=O) groups is 1. The number of hydrogen-bond donors (Lipinski definition) is 1. The second kappa shape index (κ2) is 8.48. The molecule has 1 fully saturated rings. The van der Waals surface area contributed by atoms with Gasteiger partial charge in [0.15, 0.2) is 0 Å². The third-order valence-electron chi connectivity index (χ3n) is 6.15. The van der Waals surface area contributed by atoms with E-state index in [1.165, 1.54) is 10.8 Å². The molecule has 1 unspecified atom stereocenters. The van der Waals surface area contributed by atoms with Crippen LogP contribution in [-0.2, 0) is 0 Å². The number of imidazole rings is 1. The number of nitrogens with one attached hydrogen (secondary N) is 1. The fourth-order valence-corrected chi connectivity index (χ4v) is 4.38. The quantitative estimate of drug-likeness (QED) is 0.527. The monoisotopic (exact) mass is 426 g/mol. The minimum Gasteiger partial charge on any atom is -0.496 e. The van der Waals surface area contributed by atoms with Gasteiger partial charge in [0.2, 0.25) is 0 Å². The molecule has 6 heteroatoms. The molecule has 2 heterocycles. The van der Waals surface area contributed by atoms with E-state index in [0.717, 1.165) is 23.6 Å². The molecular weight excluding hydrogens is 400 g/mol. The molecule has 0 radical (unpaired) electrons. The van der Waals surface area contributed by atoms with Crippen molar-refractivity contribution in [1.29, 1.82) is 0 Å². The Hall–Kier alpha value is -3.64. The van der Waals surface area contributed by atoms with Crippen molar-refractivity contribution in [1.82, 2.24) is 19.8 Å². The molecule has 6 nitrogen and oxygen atoms in total. The van der Waals surface area contributed by atoms with Crippen LogP contribution in [0.15, 0.2) is 72.9 Å². The van der Waals surface area contributed by atoms with Crippen LogP contribution in [0.3, 0.4) is 0 Å². The molecule has 162 valence electrons. The first-order valence-corrected chi connectivity index (χ1v) is 10.8. The second-order valence-electron chi connectivity index (χ2n) is 8.22. The molecule has 0 saturated carbocycles. The normalized spacial score (nSPS) is 16.9. The highest BCUT2D eigenvalue weighted by Crippen LogP contribution is 2.30. The molecule has 0 bridgehead atoms. The van der Waals surface area contributed by atoms with Crippen molar-refractivity contribution in [3.8, 4) is 17.0 Å². The van der Waals surface area contributed by atoms with Crippen LogP contribution in [-0.4, -0.2) is 59.5 Å². The number of benzene rings is 3. The summed E-state index contributed by atoms with van der Waals surface area (Å²) in [6, 6.07) is 21.9. The number of hydrogen-bond acceptors (Lipinski definition) is 4. The SMILES string of the molecule is COc1ccccc1C(=O)N1CCN(C)CC1c1ncc(-c2ccc3ccccc3c2)[nH]1. The molecule has 1 amide bonds. The van der Waals surface area contributed by atoms with Crippen molar-refractivity contribution in [3.05, 3.63) is 84.3 Å². The minimum absolute atomic E-state index is 0.0378. The maximum Gasteiger partial charge on any atom is 0.258 e. The number of ether oxygens (including phenoxy) is 1. The Morgan fingerprint density at radius 2 is 1.81 bits per heavy atom. The average Bonchev–Trinajstić information content (AvgIpc) is 3.33. The van der Waals surface area contributed by atoms with Gasteiger partial charge in [0.1, 0.15) is 17.6 Å². The number of H-pyrrole nitrogens is 1. The molecule has 0 spiro atoms. The highest BCUT2D eigenvalue weighted by Gasteiger charge is 2.33. The van der Waals surface area contributed by atoms with E-state index in [4.69, 9.17) is 9.72 Å². The topological polar surface area (TPSA) is 61.5 Å². The molecule has 3 aromatic carbocycles. The number of nitrogens with zero attached hydrogens (tertiary/aromatic N) is 3. The first kappa shape index (κ1) is 20.3. The minimum atomic E-state index is -0.166. The van der Waals surface area contributed by atoms with Crippen LogP contribution < -0.4 is 4.74 Å². The first-order chi connectivity index (χ1) is 15.6. The fraction of sp³-hybridized carbons (Fsp3) is 0.231. The smallest absolute Gasteiger partial charge is 0.258 e. The summed E-state index contributed by atoms with van der Waals surface area (Å²) >= 11 is 0. The number of amides is 1. The summed E-state index contributed by atoms with van der Waals surface area (Å²) in [6.45, 7) is 2.16. The number of aromatic nitrogens is 2. The lowest BCUT2D eigenvalue weighted by Crippen LogP contribution is -2.49. The standard InChI is InChI=1S/C26H26N4O2/c1-29-13-14-30(26(31)21-9-5-6-10-24(21)32-2)23(17-29)25-27-16-22(28-25)20-12-11-18-7-3-4-8-19(18)15-20/h3-12,15-16,23H,13-14,17H2,1-2H3,(H,27,28). The summed E-state index contributed by atoms with van der Waals surface area (Å²) in [4.78, 5) is 25.8. The van der Waals surface area contributed by atoms with E-state index in [1.54, 1.807) is 7.11 Å². The van der Waals surface area contributed by atoms with Crippen LogP contribution in [0.25, 0.3) is 22.0 Å². The van der Waals surface area contributed by atoms with Gasteiger partial charge in [0, 0.05) is 25.2 Å². The van der Waals surface area contributed by atoms with Crippen LogP contribution in [0.5, 0.6) is 5.75 Å². The van der Waals surface area contributed by atoms with Gasteiger partial charge in [0.05, 0.1) is 24.6 Å². The Morgan fingerprint density at radius 3 is 2.66 bits per heavy atom. The van der Waals surface area contributed by atoms with Gasteiger partial charge in [-0.3, -0.25) is 4.79 Å². The lowest BCUT2D eigenvalue weighted by Gasteiger charge is -2.39. The van der Waals surface area contributed by atoms with E-state index in [-0.39, 0.29) is 11.9 Å². The Kier molecular flexibility index (Phi) is 5.37. The lowest BCUT2D eigenvalue weighted by molar-refractivity contribution is 0.0480. The highest BCUT2D eigenvalue weighted by atomic mass is 16.5. The summed E-state index contributed by atoms with van der Waals surface area (Å²) < 4.78 is 5.44. The van der Waals surface area contributed by atoms with Gasteiger partial charge in [-0.15, -0.1) is 0 Å². The maximum absolute atomic E-state index is 13.5. The molecule has 1 atom stereocenters. The lowest BCUT2D eigenvalue weighted by atomic mass is 10.1. The summed E-state index contributed by atoms with van der Waals surface area (Å²) in [6.07, 6.45) is 1.86. The zero-order valence-electron chi connectivity index (χ0n) is 18.3. The van der Waals surface area contributed by atoms with Crippen molar-refractivity contribution in [2.45, 2.75) is 6.04 Å². The molecular formula is C26H26N4O2. The maximum atomic E-state index is 13.5. The molecule has 1 saturated heterocycles. The predicted octanol–water partition coefficient (Wildman–Crippen LogP) is 4.37.